The summed E-state index contributed by atoms with van der Waals surface area (Å²) in [5, 5.41) is 14.3. The molecule has 1 aromatic heterocycles. The Labute approximate surface area is 192 Å². The minimum atomic E-state index is -0.450. The van der Waals surface area contributed by atoms with Crippen molar-refractivity contribution in [1.29, 1.82) is 0 Å². The van der Waals surface area contributed by atoms with Crippen LogP contribution in [0.5, 0.6) is 0 Å². The highest BCUT2D eigenvalue weighted by atomic mass is 16.6. The third-order valence-electron chi connectivity index (χ3n) is 5.84. The van der Waals surface area contributed by atoms with Crippen LogP contribution in [0.25, 0.3) is 22.6 Å². The molecule has 170 valence electrons. The number of likely N-dealkylation sites (tertiary alicyclic amines) is 1. The molecule has 3 aromatic rings. The summed E-state index contributed by atoms with van der Waals surface area (Å²) in [5.41, 5.74) is 2.52. The third-order valence-corrected chi connectivity index (χ3v) is 5.84. The molecule has 0 bridgehead atoms. The topological polar surface area (TPSA) is 101 Å². The van der Waals surface area contributed by atoms with Gasteiger partial charge in [0.15, 0.2) is 5.82 Å². The highest BCUT2D eigenvalue weighted by molar-refractivity contribution is 6.01. The van der Waals surface area contributed by atoms with Gasteiger partial charge < -0.3 is 10.2 Å². The molecule has 1 amide bonds. The van der Waals surface area contributed by atoms with Crippen molar-refractivity contribution in [2.45, 2.75) is 26.2 Å². The first kappa shape index (κ1) is 22.5. The van der Waals surface area contributed by atoms with E-state index in [1.54, 1.807) is 19.1 Å². The summed E-state index contributed by atoms with van der Waals surface area (Å²) in [5.74, 6) is 0.199. The van der Waals surface area contributed by atoms with Crippen molar-refractivity contribution >= 4 is 11.6 Å². The largest absolute Gasteiger partial charge is 0.351 e. The van der Waals surface area contributed by atoms with Gasteiger partial charge in [-0.2, -0.15) is 0 Å². The number of benzene rings is 2. The van der Waals surface area contributed by atoms with E-state index in [1.165, 1.54) is 31.4 Å². The van der Waals surface area contributed by atoms with Crippen molar-refractivity contribution in [2.24, 2.45) is 0 Å². The SMILES string of the molecule is Cc1nc(-c2ccccc2)nc(-c2cccc([N+](=O)[O-])c2)c1C(=O)NCCN1CCCCC1. The molecule has 0 atom stereocenters. The van der Waals surface area contributed by atoms with Crippen LogP contribution in [0.15, 0.2) is 54.6 Å². The maximum Gasteiger partial charge on any atom is 0.270 e. The molecule has 0 unspecified atom stereocenters. The molecule has 8 nitrogen and oxygen atoms in total. The second-order valence-electron chi connectivity index (χ2n) is 8.19. The van der Waals surface area contributed by atoms with Crippen LogP contribution in [0.2, 0.25) is 0 Å². The minimum absolute atomic E-state index is 0.0542. The zero-order valence-electron chi connectivity index (χ0n) is 18.7. The van der Waals surface area contributed by atoms with Gasteiger partial charge in [0.2, 0.25) is 0 Å². The van der Waals surface area contributed by atoms with E-state index in [0.717, 1.165) is 25.2 Å². The van der Waals surface area contributed by atoms with E-state index >= 15 is 0 Å². The molecule has 1 saturated heterocycles. The first-order valence-electron chi connectivity index (χ1n) is 11.2. The molecule has 0 radical (unpaired) electrons. The summed E-state index contributed by atoms with van der Waals surface area (Å²) in [4.78, 5) is 35.7. The third kappa shape index (κ3) is 5.40. The van der Waals surface area contributed by atoms with Crippen LogP contribution in [0, 0.1) is 17.0 Å². The highest BCUT2D eigenvalue weighted by Gasteiger charge is 2.22. The minimum Gasteiger partial charge on any atom is -0.351 e. The van der Waals surface area contributed by atoms with Crippen molar-refractivity contribution < 1.29 is 9.72 Å². The first-order chi connectivity index (χ1) is 16.0. The number of hydrogen-bond acceptors (Lipinski definition) is 6. The normalized spacial score (nSPS) is 14.1. The van der Waals surface area contributed by atoms with E-state index in [2.05, 4.69) is 20.2 Å². The number of rotatable bonds is 7. The standard InChI is InChI=1S/C25H27N5O3/c1-18-22(25(31)26-13-16-29-14-6-3-7-15-29)23(20-11-8-12-21(17-20)30(32)33)28-24(27-18)19-9-4-2-5-10-19/h2,4-5,8-12,17H,3,6-7,13-16H2,1H3,(H,26,31). The lowest BCUT2D eigenvalue weighted by atomic mass is 10.0. The molecule has 1 fully saturated rings. The molecule has 0 saturated carbocycles. The van der Waals surface area contributed by atoms with E-state index in [9.17, 15) is 14.9 Å². The Balaban J connectivity index is 1.68. The van der Waals surface area contributed by atoms with Gasteiger partial charge in [-0.15, -0.1) is 0 Å². The highest BCUT2D eigenvalue weighted by Crippen LogP contribution is 2.29. The summed E-state index contributed by atoms with van der Waals surface area (Å²) in [7, 11) is 0. The van der Waals surface area contributed by atoms with Crippen molar-refractivity contribution in [3.63, 3.8) is 0 Å². The van der Waals surface area contributed by atoms with E-state index in [-0.39, 0.29) is 11.6 Å². The van der Waals surface area contributed by atoms with Crippen molar-refractivity contribution in [1.82, 2.24) is 20.2 Å². The maximum atomic E-state index is 13.2. The zero-order valence-corrected chi connectivity index (χ0v) is 18.7. The summed E-state index contributed by atoms with van der Waals surface area (Å²) in [6, 6.07) is 15.7. The quantitative estimate of drug-likeness (QED) is 0.431. The number of amides is 1. The van der Waals surface area contributed by atoms with Gasteiger partial charge in [0.05, 0.1) is 21.9 Å². The molecular weight excluding hydrogens is 418 g/mol. The van der Waals surface area contributed by atoms with E-state index in [4.69, 9.17) is 0 Å². The van der Waals surface area contributed by atoms with Gasteiger partial charge in [0.25, 0.3) is 11.6 Å². The average molecular weight is 446 g/mol. The van der Waals surface area contributed by atoms with E-state index in [1.807, 2.05) is 30.3 Å². The fourth-order valence-corrected chi connectivity index (χ4v) is 4.14. The van der Waals surface area contributed by atoms with Gasteiger partial charge in [-0.25, -0.2) is 9.97 Å². The van der Waals surface area contributed by atoms with Gasteiger partial charge in [-0.1, -0.05) is 48.9 Å². The number of aryl methyl sites for hydroxylation is 1. The Morgan fingerprint density at radius 2 is 1.76 bits per heavy atom. The molecule has 2 heterocycles. The molecule has 0 spiro atoms. The smallest absolute Gasteiger partial charge is 0.270 e. The van der Waals surface area contributed by atoms with Crippen LogP contribution in [0.3, 0.4) is 0 Å². The Hall–Kier alpha value is -3.65. The van der Waals surface area contributed by atoms with Crippen molar-refractivity contribution in [3.8, 4) is 22.6 Å². The number of non-ortho nitro benzene ring substituents is 1. The number of carbonyl (C=O) groups is 1. The Morgan fingerprint density at radius 1 is 1.03 bits per heavy atom. The summed E-state index contributed by atoms with van der Waals surface area (Å²) >= 11 is 0. The number of hydrogen-bond donors (Lipinski definition) is 1. The molecule has 1 aliphatic heterocycles. The monoisotopic (exact) mass is 445 g/mol. The number of nitrogens with zero attached hydrogens (tertiary/aromatic N) is 4. The second kappa shape index (κ2) is 10.3. The van der Waals surface area contributed by atoms with E-state index in [0.29, 0.717) is 34.9 Å². The number of piperidine rings is 1. The fourth-order valence-electron chi connectivity index (χ4n) is 4.14. The van der Waals surface area contributed by atoms with Crippen LogP contribution in [0.1, 0.15) is 35.3 Å². The van der Waals surface area contributed by atoms with Crippen molar-refractivity contribution in [3.05, 3.63) is 76.0 Å². The molecule has 8 heteroatoms. The Morgan fingerprint density at radius 3 is 2.48 bits per heavy atom. The van der Waals surface area contributed by atoms with Crippen LogP contribution in [0.4, 0.5) is 5.69 Å². The number of nitrogens with one attached hydrogen (secondary N) is 1. The molecule has 4 rings (SSSR count). The van der Waals surface area contributed by atoms with Gasteiger partial charge in [0, 0.05) is 36.3 Å². The van der Waals surface area contributed by atoms with E-state index < -0.39 is 4.92 Å². The van der Waals surface area contributed by atoms with Crippen LogP contribution >= 0.6 is 0 Å². The van der Waals surface area contributed by atoms with Gasteiger partial charge in [-0.3, -0.25) is 14.9 Å². The maximum absolute atomic E-state index is 13.2. The van der Waals surface area contributed by atoms with Gasteiger partial charge >= 0.3 is 0 Å². The molecule has 0 aliphatic carbocycles. The zero-order chi connectivity index (χ0) is 23.2. The lowest BCUT2D eigenvalue weighted by Crippen LogP contribution is -2.38. The molecule has 33 heavy (non-hydrogen) atoms. The fraction of sp³-hybridized carbons (Fsp3) is 0.320. The van der Waals surface area contributed by atoms with Crippen LogP contribution < -0.4 is 5.32 Å². The number of nitro benzene ring substituents is 1. The lowest BCUT2D eigenvalue weighted by Gasteiger charge is -2.26. The number of aromatic nitrogens is 2. The number of carbonyl (C=O) groups excluding carboxylic acids is 1. The molecule has 2 aromatic carbocycles. The first-order valence-corrected chi connectivity index (χ1v) is 11.2. The number of nitro groups is 1. The molecule has 1 N–H and O–H groups in total. The summed E-state index contributed by atoms with van der Waals surface area (Å²) in [6.07, 6.45) is 3.65. The predicted octanol–water partition coefficient (Wildman–Crippen LogP) is 4.24. The van der Waals surface area contributed by atoms with Crippen LogP contribution in [-0.4, -0.2) is 51.9 Å². The lowest BCUT2D eigenvalue weighted by molar-refractivity contribution is -0.384. The van der Waals surface area contributed by atoms with Crippen molar-refractivity contribution in [2.75, 3.05) is 26.2 Å². The van der Waals surface area contributed by atoms with Gasteiger partial charge in [0.1, 0.15) is 0 Å². The van der Waals surface area contributed by atoms with Gasteiger partial charge in [-0.05, 0) is 32.9 Å². The second-order valence-corrected chi connectivity index (χ2v) is 8.19. The summed E-state index contributed by atoms with van der Waals surface area (Å²) in [6.45, 7) is 5.20. The Kier molecular flexibility index (Phi) is 7.04. The molecule has 1 aliphatic rings. The average Bonchev–Trinajstić information content (AvgIpc) is 2.84. The Bertz CT molecular complexity index is 1140. The van der Waals surface area contributed by atoms with Crippen LogP contribution in [-0.2, 0) is 0 Å². The summed E-state index contributed by atoms with van der Waals surface area (Å²) < 4.78 is 0. The predicted molar refractivity (Wildman–Crippen MR) is 127 cm³/mol. The molecular formula is C25H27N5O3.